The number of anilines is 1. The lowest BCUT2D eigenvalue weighted by molar-refractivity contribution is -0.384. The fraction of sp³-hybridized carbons (Fsp3) is 0.150. The molecule has 0 fully saturated rings. The summed E-state index contributed by atoms with van der Waals surface area (Å²) < 4.78 is 4.91. The molecular weight excluding hydrogens is 378 g/mol. The van der Waals surface area contributed by atoms with E-state index in [9.17, 15) is 24.5 Å². The molecule has 9 nitrogen and oxygen atoms in total. The van der Waals surface area contributed by atoms with Crippen molar-refractivity contribution in [2.45, 2.75) is 0 Å². The van der Waals surface area contributed by atoms with Crippen LogP contribution in [-0.2, 0) is 14.3 Å². The zero-order valence-electron chi connectivity index (χ0n) is 15.4. The standard InChI is InChI=1S/C20H19N3O6/c1-2-11-22(16-8-4-3-5-9-16)18(24)14-29-19(25)13-21-20(26)15-7-6-10-17(12-15)23(27)28/h2-10,12H,1,11,13-14H2,(H,21,26). The summed E-state index contributed by atoms with van der Waals surface area (Å²) in [6, 6.07) is 13.9. The summed E-state index contributed by atoms with van der Waals surface area (Å²) in [5.41, 5.74) is 0.422. The SMILES string of the molecule is C=CCN(C(=O)COC(=O)CNC(=O)c1cccc([N+](=O)[O-])c1)c1ccccc1. The van der Waals surface area contributed by atoms with Gasteiger partial charge in [0.2, 0.25) is 0 Å². The minimum absolute atomic E-state index is 0.0318. The summed E-state index contributed by atoms with van der Waals surface area (Å²) in [5.74, 6) is -1.94. The summed E-state index contributed by atoms with van der Waals surface area (Å²) in [6.07, 6.45) is 1.55. The van der Waals surface area contributed by atoms with Gasteiger partial charge < -0.3 is 15.0 Å². The van der Waals surface area contributed by atoms with E-state index in [4.69, 9.17) is 4.74 Å². The number of nitro benzene ring substituents is 1. The lowest BCUT2D eigenvalue weighted by Crippen LogP contribution is -2.37. The van der Waals surface area contributed by atoms with Crippen LogP contribution in [0.1, 0.15) is 10.4 Å². The van der Waals surface area contributed by atoms with Crippen molar-refractivity contribution >= 4 is 29.2 Å². The van der Waals surface area contributed by atoms with Crippen LogP contribution in [0.15, 0.2) is 67.3 Å². The molecule has 0 spiro atoms. The Morgan fingerprint density at radius 2 is 1.86 bits per heavy atom. The van der Waals surface area contributed by atoms with E-state index < -0.39 is 35.9 Å². The molecule has 0 bridgehead atoms. The lowest BCUT2D eigenvalue weighted by atomic mass is 10.2. The molecule has 0 aliphatic rings. The molecule has 0 atom stereocenters. The quantitative estimate of drug-likeness (QED) is 0.299. The van der Waals surface area contributed by atoms with Crippen LogP contribution in [0.3, 0.4) is 0 Å². The highest BCUT2D eigenvalue weighted by molar-refractivity contribution is 5.97. The maximum atomic E-state index is 12.3. The van der Waals surface area contributed by atoms with Crippen molar-refractivity contribution in [2.24, 2.45) is 0 Å². The number of benzene rings is 2. The smallest absolute Gasteiger partial charge is 0.325 e. The molecular formula is C20H19N3O6. The molecule has 0 unspecified atom stereocenters. The van der Waals surface area contributed by atoms with Gasteiger partial charge in [-0.25, -0.2) is 0 Å². The van der Waals surface area contributed by atoms with E-state index in [2.05, 4.69) is 11.9 Å². The number of para-hydroxylation sites is 1. The van der Waals surface area contributed by atoms with Gasteiger partial charge in [-0.15, -0.1) is 6.58 Å². The van der Waals surface area contributed by atoms with Gasteiger partial charge in [0.05, 0.1) is 4.92 Å². The third-order valence-electron chi connectivity index (χ3n) is 3.75. The van der Waals surface area contributed by atoms with Gasteiger partial charge in [-0.05, 0) is 18.2 Å². The number of amides is 2. The molecule has 2 amide bonds. The van der Waals surface area contributed by atoms with Crippen LogP contribution in [0.5, 0.6) is 0 Å². The van der Waals surface area contributed by atoms with Crippen molar-refractivity contribution in [1.29, 1.82) is 0 Å². The molecule has 1 N–H and O–H groups in total. The van der Waals surface area contributed by atoms with E-state index >= 15 is 0 Å². The van der Waals surface area contributed by atoms with Gasteiger partial charge in [-0.1, -0.05) is 30.3 Å². The number of ether oxygens (including phenoxy) is 1. The van der Waals surface area contributed by atoms with Crippen molar-refractivity contribution in [3.8, 4) is 0 Å². The van der Waals surface area contributed by atoms with Gasteiger partial charge in [-0.2, -0.15) is 0 Å². The van der Waals surface area contributed by atoms with Gasteiger partial charge in [0, 0.05) is 29.9 Å². The number of carbonyl (C=O) groups is 3. The number of nitrogens with one attached hydrogen (secondary N) is 1. The molecule has 0 aliphatic heterocycles. The first-order chi connectivity index (χ1) is 13.9. The Kier molecular flexibility index (Phi) is 7.60. The first kappa shape index (κ1) is 21.3. The molecule has 0 radical (unpaired) electrons. The number of nitro groups is 1. The Labute approximate surface area is 166 Å². The molecule has 0 aliphatic carbocycles. The van der Waals surface area contributed by atoms with Crippen LogP contribution < -0.4 is 10.2 Å². The number of nitrogens with zero attached hydrogens (tertiary/aromatic N) is 2. The van der Waals surface area contributed by atoms with Crippen molar-refractivity contribution in [2.75, 3.05) is 24.6 Å². The van der Waals surface area contributed by atoms with E-state index in [0.29, 0.717) is 5.69 Å². The molecule has 0 heterocycles. The van der Waals surface area contributed by atoms with Gasteiger partial charge in [0.1, 0.15) is 6.54 Å². The van der Waals surface area contributed by atoms with Crippen molar-refractivity contribution in [3.63, 3.8) is 0 Å². The number of rotatable bonds is 9. The van der Waals surface area contributed by atoms with Crippen LogP contribution in [0, 0.1) is 10.1 Å². The molecule has 2 aromatic carbocycles. The third kappa shape index (κ3) is 6.28. The minimum Gasteiger partial charge on any atom is -0.454 e. The predicted octanol–water partition coefficient (Wildman–Crippen LogP) is 2.09. The normalized spacial score (nSPS) is 9.93. The second-order valence-corrected chi connectivity index (χ2v) is 5.78. The Morgan fingerprint density at radius 3 is 2.52 bits per heavy atom. The minimum atomic E-state index is -0.816. The molecule has 29 heavy (non-hydrogen) atoms. The number of carbonyl (C=O) groups excluding carboxylic acids is 3. The van der Waals surface area contributed by atoms with Gasteiger partial charge in [0.25, 0.3) is 17.5 Å². The maximum Gasteiger partial charge on any atom is 0.325 e. The van der Waals surface area contributed by atoms with E-state index in [1.54, 1.807) is 30.3 Å². The summed E-state index contributed by atoms with van der Waals surface area (Å²) in [7, 11) is 0. The second kappa shape index (κ2) is 10.4. The highest BCUT2D eigenvalue weighted by atomic mass is 16.6. The molecule has 9 heteroatoms. The highest BCUT2D eigenvalue weighted by Gasteiger charge is 2.17. The van der Waals surface area contributed by atoms with Crippen molar-refractivity contribution in [3.05, 3.63) is 82.9 Å². The van der Waals surface area contributed by atoms with Crippen LogP contribution in [0.25, 0.3) is 0 Å². The first-order valence-electron chi connectivity index (χ1n) is 8.57. The summed E-state index contributed by atoms with van der Waals surface area (Å²) in [6.45, 7) is 2.86. The monoisotopic (exact) mass is 397 g/mol. The average Bonchev–Trinajstić information content (AvgIpc) is 2.74. The van der Waals surface area contributed by atoms with E-state index in [1.165, 1.54) is 23.1 Å². The Morgan fingerprint density at radius 1 is 1.14 bits per heavy atom. The molecule has 150 valence electrons. The summed E-state index contributed by atoms with van der Waals surface area (Å²) in [4.78, 5) is 47.7. The highest BCUT2D eigenvalue weighted by Crippen LogP contribution is 2.14. The van der Waals surface area contributed by atoms with Crippen LogP contribution in [0.4, 0.5) is 11.4 Å². The fourth-order valence-electron chi connectivity index (χ4n) is 2.37. The number of esters is 1. The number of hydrogen-bond acceptors (Lipinski definition) is 6. The molecule has 0 aromatic heterocycles. The molecule has 0 saturated carbocycles. The van der Waals surface area contributed by atoms with Crippen LogP contribution >= 0.6 is 0 Å². The lowest BCUT2D eigenvalue weighted by Gasteiger charge is -2.21. The third-order valence-corrected chi connectivity index (χ3v) is 3.75. The van der Waals surface area contributed by atoms with Gasteiger partial charge in [0.15, 0.2) is 6.61 Å². The van der Waals surface area contributed by atoms with Gasteiger partial charge >= 0.3 is 5.97 Å². The van der Waals surface area contributed by atoms with Crippen LogP contribution in [0.2, 0.25) is 0 Å². The Hall–Kier alpha value is -4.01. The molecule has 0 saturated heterocycles. The Bertz CT molecular complexity index is 913. The average molecular weight is 397 g/mol. The van der Waals surface area contributed by atoms with E-state index in [-0.39, 0.29) is 17.8 Å². The fourth-order valence-corrected chi connectivity index (χ4v) is 2.37. The topological polar surface area (TPSA) is 119 Å². The largest absolute Gasteiger partial charge is 0.454 e. The van der Waals surface area contributed by atoms with E-state index in [0.717, 1.165) is 6.07 Å². The van der Waals surface area contributed by atoms with Gasteiger partial charge in [-0.3, -0.25) is 24.5 Å². The summed E-state index contributed by atoms with van der Waals surface area (Å²) >= 11 is 0. The van der Waals surface area contributed by atoms with Crippen LogP contribution in [-0.4, -0.2) is 42.4 Å². The Balaban J connectivity index is 1.86. The maximum absolute atomic E-state index is 12.3. The zero-order valence-corrected chi connectivity index (χ0v) is 15.4. The first-order valence-corrected chi connectivity index (χ1v) is 8.57. The van der Waals surface area contributed by atoms with Crippen molar-refractivity contribution in [1.82, 2.24) is 5.32 Å². The number of hydrogen-bond donors (Lipinski definition) is 1. The van der Waals surface area contributed by atoms with E-state index in [1.807, 2.05) is 6.07 Å². The predicted molar refractivity (Wildman–Crippen MR) is 105 cm³/mol. The zero-order chi connectivity index (χ0) is 21.2. The summed E-state index contributed by atoms with van der Waals surface area (Å²) in [5, 5.41) is 13.1. The van der Waals surface area contributed by atoms with Crippen molar-refractivity contribution < 1.29 is 24.0 Å². The molecule has 2 rings (SSSR count). The molecule has 2 aromatic rings. The number of non-ortho nitro benzene ring substituents is 1. The second-order valence-electron chi connectivity index (χ2n) is 5.78.